The zero-order chi connectivity index (χ0) is 14.4. The summed E-state index contributed by atoms with van der Waals surface area (Å²) >= 11 is 0. The number of rotatable bonds is 6. The van der Waals surface area contributed by atoms with Crippen molar-refractivity contribution in [2.24, 2.45) is 5.92 Å². The maximum Gasteiger partial charge on any atom is 0.356 e. The molecular weight excluding hydrogens is 248 g/mol. The van der Waals surface area contributed by atoms with Gasteiger partial charge in [0, 0.05) is 17.9 Å². The normalized spacial score (nSPS) is 12.0. The summed E-state index contributed by atoms with van der Waals surface area (Å²) < 4.78 is 4.58. The van der Waals surface area contributed by atoms with E-state index in [0.29, 0.717) is 5.69 Å². The Kier molecular flexibility index (Phi) is 5.29. The summed E-state index contributed by atoms with van der Waals surface area (Å²) in [5.41, 5.74) is 0.834. The third kappa shape index (κ3) is 4.57. The first kappa shape index (κ1) is 14.9. The van der Waals surface area contributed by atoms with Crippen molar-refractivity contribution in [1.82, 2.24) is 4.98 Å². The van der Waals surface area contributed by atoms with Crippen LogP contribution in [0.3, 0.4) is 0 Å². The van der Waals surface area contributed by atoms with Gasteiger partial charge in [0.2, 0.25) is 0 Å². The van der Waals surface area contributed by atoms with E-state index in [0.717, 1.165) is 0 Å². The molecule has 0 amide bonds. The number of ether oxygens (including phenoxy) is 1. The molecule has 2 N–H and O–H groups in total. The van der Waals surface area contributed by atoms with E-state index in [-0.39, 0.29) is 24.1 Å². The highest BCUT2D eigenvalue weighted by Gasteiger charge is 2.17. The van der Waals surface area contributed by atoms with Crippen molar-refractivity contribution in [3.63, 3.8) is 0 Å². The van der Waals surface area contributed by atoms with E-state index in [1.165, 1.54) is 13.3 Å². The molecule has 0 aliphatic rings. The van der Waals surface area contributed by atoms with Crippen LogP contribution in [0.4, 0.5) is 5.69 Å². The van der Waals surface area contributed by atoms with E-state index in [1.807, 2.05) is 13.8 Å². The summed E-state index contributed by atoms with van der Waals surface area (Å²) in [6, 6.07) is 3.01. The van der Waals surface area contributed by atoms with E-state index in [9.17, 15) is 9.59 Å². The molecule has 1 unspecified atom stereocenters. The molecule has 0 fully saturated rings. The Morgan fingerprint density at radius 2 is 2.16 bits per heavy atom. The van der Waals surface area contributed by atoms with Gasteiger partial charge in [0.1, 0.15) is 5.69 Å². The van der Waals surface area contributed by atoms with Gasteiger partial charge in [0.05, 0.1) is 13.5 Å². The number of hydrogen-bond donors (Lipinski definition) is 2. The summed E-state index contributed by atoms with van der Waals surface area (Å²) in [7, 11) is 1.28. The Bertz CT molecular complexity index is 460. The molecular formula is C13H18N2O4. The molecule has 1 aromatic heterocycles. The number of aliphatic carboxylic acids is 1. The standard InChI is InChI=1S/C13H18N2O4/c1-8(2)10(7-12(16)17)15-9-4-5-14-11(6-9)13(18)19-3/h4-6,8,10H,7H2,1-3H3,(H,14,15)(H,16,17). The van der Waals surface area contributed by atoms with E-state index in [4.69, 9.17) is 5.11 Å². The van der Waals surface area contributed by atoms with Gasteiger partial charge in [-0.25, -0.2) is 9.78 Å². The van der Waals surface area contributed by atoms with Gasteiger partial charge in [-0.3, -0.25) is 4.79 Å². The Balaban J connectivity index is 2.84. The number of carbonyl (C=O) groups excluding carboxylic acids is 1. The minimum absolute atomic E-state index is 0.00749. The van der Waals surface area contributed by atoms with E-state index >= 15 is 0 Å². The maximum absolute atomic E-state index is 11.4. The fraction of sp³-hybridized carbons (Fsp3) is 0.462. The summed E-state index contributed by atoms with van der Waals surface area (Å²) in [5.74, 6) is -1.25. The Labute approximate surface area is 111 Å². The second-order valence-electron chi connectivity index (χ2n) is 4.51. The Morgan fingerprint density at radius 3 is 2.68 bits per heavy atom. The second-order valence-corrected chi connectivity index (χ2v) is 4.51. The molecule has 1 rings (SSSR count). The van der Waals surface area contributed by atoms with Crippen LogP contribution in [0.25, 0.3) is 0 Å². The van der Waals surface area contributed by atoms with Gasteiger partial charge in [-0.15, -0.1) is 0 Å². The lowest BCUT2D eigenvalue weighted by molar-refractivity contribution is -0.137. The molecule has 0 aliphatic carbocycles. The molecule has 1 aromatic rings. The third-order valence-corrected chi connectivity index (χ3v) is 2.71. The van der Waals surface area contributed by atoms with Crippen LogP contribution in [-0.4, -0.2) is 35.2 Å². The zero-order valence-electron chi connectivity index (χ0n) is 11.2. The van der Waals surface area contributed by atoms with Crippen molar-refractivity contribution in [3.8, 4) is 0 Å². The number of esters is 1. The molecule has 0 aliphatic heterocycles. The van der Waals surface area contributed by atoms with Crippen molar-refractivity contribution < 1.29 is 19.4 Å². The largest absolute Gasteiger partial charge is 0.481 e. The summed E-state index contributed by atoms with van der Waals surface area (Å²) in [6.45, 7) is 3.87. The van der Waals surface area contributed by atoms with Gasteiger partial charge in [-0.2, -0.15) is 0 Å². The summed E-state index contributed by atoms with van der Waals surface area (Å²) in [5, 5.41) is 12.0. The number of anilines is 1. The highest BCUT2D eigenvalue weighted by molar-refractivity contribution is 5.88. The number of pyridine rings is 1. The summed E-state index contributed by atoms with van der Waals surface area (Å²) in [4.78, 5) is 26.0. The Hall–Kier alpha value is -2.11. The van der Waals surface area contributed by atoms with Crippen LogP contribution in [0.2, 0.25) is 0 Å². The van der Waals surface area contributed by atoms with Crippen molar-refractivity contribution in [1.29, 1.82) is 0 Å². The first-order valence-electron chi connectivity index (χ1n) is 5.96. The van der Waals surface area contributed by atoms with Crippen molar-refractivity contribution in [2.75, 3.05) is 12.4 Å². The highest BCUT2D eigenvalue weighted by Crippen LogP contribution is 2.16. The molecule has 104 valence electrons. The monoisotopic (exact) mass is 266 g/mol. The van der Waals surface area contributed by atoms with Gasteiger partial charge in [-0.1, -0.05) is 13.8 Å². The zero-order valence-corrected chi connectivity index (χ0v) is 11.2. The van der Waals surface area contributed by atoms with E-state index in [1.54, 1.807) is 12.1 Å². The highest BCUT2D eigenvalue weighted by atomic mass is 16.5. The van der Waals surface area contributed by atoms with Crippen molar-refractivity contribution in [2.45, 2.75) is 26.3 Å². The number of carboxylic acids is 1. The number of carbonyl (C=O) groups is 2. The van der Waals surface area contributed by atoms with Crippen LogP contribution in [0.15, 0.2) is 18.3 Å². The van der Waals surface area contributed by atoms with Gasteiger partial charge >= 0.3 is 11.9 Å². The lowest BCUT2D eigenvalue weighted by Crippen LogP contribution is -2.28. The molecule has 19 heavy (non-hydrogen) atoms. The third-order valence-electron chi connectivity index (χ3n) is 2.71. The molecule has 1 heterocycles. The van der Waals surface area contributed by atoms with Crippen LogP contribution in [0.5, 0.6) is 0 Å². The van der Waals surface area contributed by atoms with E-state index in [2.05, 4.69) is 15.0 Å². The molecule has 0 radical (unpaired) electrons. The number of nitrogens with zero attached hydrogens (tertiary/aromatic N) is 1. The average molecular weight is 266 g/mol. The average Bonchev–Trinajstić information content (AvgIpc) is 2.36. The lowest BCUT2D eigenvalue weighted by Gasteiger charge is -2.21. The smallest absolute Gasteiger partial charge is 0.356 e. The van der Waals surface area contributed by atoms with Crippen LogP contribution in [0, 0.1) is 5.92 Å². The number of hydrogen-bond acceptors (Lipinski definition) is 5. The lowest BCUT2D eigenvalue weighted by atomic mass is 10.0. The SMILES string of the molecule is COC(=O)c1cc(NC(CC(=O)O)C(C)C)ccn1. The van der Waals surface area contributed by atoms with Crippen LogP contribution < -0.4 is 5.32 Å². The van der Waals surface area contributed by atoms with Gasteiger partial charge in [0.15, 0.2) is 0 Å². The molecule has 1 atom stereocenters. The number of methoxy groups -OCH3 is 1. The molecule has 6 nitrogen and oxygen atoms in total. The molecule has 0 saturated carbocycles. The van der Waals surface area contributed by atoms with Crippen LogP contribution >= 0.6 is 0 Å². The fourth-order valence-corrected chi connectivity index (χ4v) is 1.59. The minimum atomic E-state index is -0.867. The second kappa shape index (κ2) is 6.72. The van der Waals surface area contributed by atoms with Crippen LogP contribution in [0.1, 0.15) is 30.8 Å². The topological polar surface area (TPSA) is 88.5 Å². The van der Waals surface area contributed by atoms with Gasteiger partial charge in [0.25, 0.3) is 0 Å². The first-order chi connectivity index (χ1) is 8.93. The minimum Gasteiger partial charge on any atom is -0.481 e. The molecule has 0 spiro atoms. The predicted molar refractivity (Wildman–Crippen MR) is 70.1 cm³/mol. The molecule has 0 saturated heterocycles. The van der Waals surface area contributed by atoms with Gasteiger partial charge < -0.3 is 15.2 Å². The number of carboxylic acid groups (broad SMARTS) is 1. The fourth-order valence-electron chi connectivity index (χ4n) is 1.59. The maximum atomic E-state index is 11.4. The predicted octanol–water partition coefficient (Wildman–Crippen LogP) is 1.78. The van der Waals surface area contributed by atoms with Crippen molar-refractivity contribution in [3.05, 3.63) is 24.0 Å². The molecule has 0 aromatic carbocycles. The number of nitrogens with one attached hydrogen (secondary N) is 1. The number of aromatic nitrogens is 1. The van der Waals surface area contributed by atoms with E-state index < -0.39 is 11.9 Å². The molecule has 6 heteroatoms. The Morgan fingerprint density at radius 1 is 1.47 bits per heavy atom. The first-order valence-corrected chi connectivity index (χ1v) is 5.96. The van der Waals surface area contributed by atoms with Crippen LogP contribution in [-0.2, 0) is 9.53 Å². The van der Waals surface area contributed by atoms with Crippen molar-refractivity contribution >= 4 is 17.6 Å². The summed E-state index contributed by atoms with van der Waals surface area (Å²) in [6.07, 6.45) is 1.49. The molecule has 0 bridgehead atoms. The quantitative estimate of drug-likeness (QED) is 0.763. The van der Waals surface area contributed by atoms with Gasteiger partial charge in [-0.05, 0) is 18.1 Å².